The lowest BCUT2D eigenvalue weighted by molar-refractivity contribution is -0.0597. The van der Waals surface area contributed by atoms with Crippen molar-refractivity contribution in [3.05, 3.63) is 69.8 Å². The third-order valence-electron chi connectivity index (χ3n) is 8.87. The fraction of sp³-hybridized carbons (Fsp3) is 0.457. The van der Waals surface area contributed by atoms with Crippen molar-refractivity contribution in [1.82, 2.24) is 4.90 Å². The Hall–Kier alpha value is -4.35. The molecule has 3 N–H and O–H groups in total. The highest BCUT2D eigenvalue weighted by molar-refractivity contribution is 6.13. The molecule has 46 heavy (non-hydrogen) atoms. The molecule has 1 fully saturated rings. The molecule has 0 unspecified atom stereocenters. The first-order valence-corrected chi connectivity index (χ1v) is 15.7. The van der Waals surface area contributed by atoms with E-state index in [0.29, 0.717) is 56.0 Å². The van der Waals surface area contributed by atoms with Crippen LogP contribution in [0.15, 0.2) is 47.6 Å². The van der Waals surface area contributed by atoms with Gasteiger partial charge in [0.05, 0.1) is 42.7 Å². The molecule has 0 aromatic heterocycles. The van der Waals surface area contributed by atoms with Crippen LogP contribution < -0.4 is 14.4 Å². The number of aromatic hydroxyl groups is 1. The van der Waals surface area contributed by atoms with Gasteiger partial charge in [-0.25, -0.2) is 9.59 Å². The smallest absolute Gasteiger partial charge is 0.415 e. The molecule has 3 heterocycles. The number of nitrogens with zero attached hydrogens (tertiary/aromatic N) is 2. The molecule has 0 spiro atoms. The van der Waals surface area contributed by atoms with Gasteiger partial charge < -0.3 is 39.3 Å². The van der Waals surface area contributed by atoms with Gasteiger partial charge in [-0.3, -0.25) is 4.79 Å². The molecule has 2 aromatic rings. The SMILES string of the molecule is CC(C)=CCC/C(C)=C/CC[C@@]1(C)Oc2c(c(OC(=O)N3CCOCC3)cc3c2CN(c2ccc(O)cc2C(=O)O)C3=O)C[C@@H]1O. The number of hydrogen-bond donors (Lipinski definition) is 3. The lowest BCUT2D eigenvalue weighted by Gasteiger charge is -2.41. The number of amides is 2. The number of aliphatic hydroxyl groups excluding tert-OH is 1. The number of benzene rings is 2. The molecule has 1 saturated heterocycles. The monoisotopic (exact) mass is 634 g/mol. The molecule has 2 atom stereocenters. The largest absolute Gasteiger partial charge is 0.508 e. The summed E-state index contributed by atoms with van der Waals surface area (Å²) < 4.78 is 17.8. The first-order chi connectivity index (χ1) is 21.9. The third-order valence-corrected chi connectivity index (χ3v) is 8.87. The van der Waals surface area contributed by atoms with E-state index in [1.165, 1.54) is 39.1 Å². The number of anilines is 1. The Bertz CT molecular complexity index is 1590. The maximum atomic E-state index is 13.9. The van der Waals surface area contributed by atoms with E-state index in [4.69, 9.17) is 14.2 Å². The van der Waals surface area contributed by atoms with E-state index in [2.05, 4.69) is 32.9 Å². The van der Waals surface area contributed by atoms with Gasteiger partial charge in [-0.05, 0) is 77.6 Å². The number of aromatic carboxylic acids is 1. The number of carboxylic acids is 1. The van der Waals surface area contributed by atoms with Crippen LogP contribution >= 0.6 is 0 Å². The van der Waals surface area contributed by atoms with Crippen LogP contribution in [0.1, 0.15) is 85.2 Å². The van der Waals surface area contributed by atoms with E-state index in [1.807, 2.05) is 6.92 Å². The van der Waals surface area contributed by atoms with Gasteiger partial charge in [0, 0.05) is 30.6 Å². The highest BCUT2D eigenvalue weighted by atomic mass is 16.6. The Labute approximate surface area is 268 Å². The average Bonchev–Trinajstić information content (AvgIpc) is 3.34. The summed E-state index contributed by atoms with van der Waals surface area (Å²) in [6, 6.07) is 5.28. The second-order valence-electron chi connectivity index (χ2n) is 12.6. The molecule has 3 aliphatic rings. The second kappa shape index (κ2) is 13.6. The van der Waals surface area contributed by atoms with Crippen LogP contribution in [0.2, 0.25) is 0 Å². The fourth-order valence-electron chi connectivity index (χ4n) is 6.11. The van der Waals surface area contributed by atoms with Crippen molar-refractivity contribution in [1.29, 1.82) is 0 Å². The summed E-state index contributed by atoms with van der Waals surface area (Å²) in [5, 5.41) is 31.2. The lowest BCUT2D eigenvalue weighted by atomic mass is 9.84. The number of fused-ring (bicyclic) bond motifs is 3. The number of carbonyl (C=O) groups excluding carboxylic acids is 2. The maximum Gasteiger partial charge on any atom is 0.415 e. The zero-order chi connectivity index (χ0) is 33.2. The Balaban J connectivity index is 1.49. The molecule has 11 nitrogen and oxygen atoms in total. The topological polar surface area (TPSA) is 146 Å². The summed E-state index contributed by atoms with van der Waals surface area (Å²) in [5.74, 6) is -1.57. The first kappa shape index (κ1) is 33.0. The van der Waals surface area contributed by atoms with Gasteiger partial charge in [0.15, 0.2) is 0 Å². The zero-order valence-electron chi connectivity index (χ0n) is 26.8. The van der Waals surface area contributed by atoms with E-state index in [-0.39, 0.29) is 41.3 Å². The molecule has 5 rings (SSSR count). The second-order valence-corrected chi connectivity index (χ2v) is 12.6. The van der Waals surface area contributed by atoms with Crippen LogP contribution in [0.3, 0.4) is 0 Å². The van der Waals surface area contributed by atoms with E-state index >= 15 is 0 Å². The number of ether oxygens (including phenoxy) is 3. The molecular formula is C35H42N2O9. The van der Waals surface area contributed by atoms with Gasteiger partial charge in [-0.2, -0.15) is 0 Å². The van der Waals surface area contributed by atoms with Crippen molar-refractivity contribution >= 4 is 23.7 Å². The molecule has 246 valence electrons. The lowest BCUT2D eigenvalue weighted by Crippen LogP contribution is -2.49. The summed E-state index contributed by atoms with van der Waals surface area (Å²) >= 11 is 0. The Morgan fingerprint density at radius 2 is 1.83 bits per heavy atom. The summed E-state index contributed by atoms with van der Waals surface area (Å²) in [6.07, 6.45) is 6.02. The van der Waals surface area contributed by atoms with Crippen molar-refractivity contribution in [2.75, 3.05) is 31.2 Å². The number of morpholine rings is 1. The standard InChI is InChI=1S/C35H42N2O9/c1-21(2)7-5-8-22(3)9-6-12-35(4)30(39)19-26-29(45-34(43)36-13-15-44-16-14-36)18-24-27(31(26)46-35)20-37(32(24)40)28-11-10-23(38)17-25(28)33(41)42/h7,9-11,17-18,30,38-39H,5-6,8,12-16,19-20H2,1-4H3,(H,41,42)/b22-9+/t30-,35+/m0/s1. The fourth-order valence-corrected chi connectivity index (χ4v) is 6.11. The Kier molecular flexibility index (Phi) is 9.74. The first-order valence-electron chi connectivity index (χ1n) is 15.7. The minimum Gasteiger partial charge on any atom is -0.508 e. The number of allylic oxidation sites excluding steroid dienone is 4. The van der Waals surface area contributed by atoms with E-state index in [0.717, 1.165) is 18.9 Å². The number of carboxylic acid groups (broad SMARTS) is 1. The minimum atomic E-state index is -1.30. The number of phenolic OH excluding ortho intramolecular Hbond substituents is 1. The number of hydrogen-bond acceptors (Lipinski definition) is 8. The number of rotatable bonds is 9. The van der Waals surface area contributed by atoms with Gasteiger partial charge in [-0.15, -0.1) is 0 Å². The van der Waals surface area contributed by atoms with Gasteiger partial charge in [0.1, 0.15) is 22.8 Å². The highest BCUT2D eigenvalue weighted by Gasteiger charge is 2.45. The van der Waals surface area contributed by atoms with Gasteiger partial charge >= 0.3 is 12.1 Å². The van der Waals surface area contributed by atoms with Crippen LogP contribution in [0.4, 0.5) is 10.5 Å². The summed E-state index contributed by atoms with van der Waals surface area (Å²) in [4.78, 5) is 41.9. The van der Waals surface area contributed by atoms with E-state index in [1.54, 1.807) is 0 Å². The summed E-state index contributed by atoms with van der Waals surface area (Å²) in [5.41, 5.74) is 2.59. The molecule has 0 saturated carbocycles. The molecule has 0 aliphatic carbocycles. The van der Waals surface area contributed by atoms with E-state index in [9.17, 15) is 29.7 Å². The van der Waals surface area contributed by atoms with Gasteiger partial charge in [-0.1, -0.05) is 23.3 Å². The predicted octanol–water partition coefficient (Wildman–Crippen LogP) is 5.61. The predicted molar refractivity (Wildman–Crippen MR) is 171 cm³/mol. The number of phenols is 1. The van der Waals surface area contributed by atoms with Gasteiger partial charge in [0.2, 0.25) is 0 Å². The number of aliphatic hydroxyl groups is 1. The van der Waals surface area contributed by atoms with E-state index < -0.39 is 29.7 Å². The number of carbonyl (C=O) groups is 3. The minimum absolute atomic E-state index is 0.00516. The summed E-state index contributed by atoms with van der Waals surface area (Å²) in [6.45, 7) is 9.55. The van der Waals surface area contributed by atoms with Crippen molar-refractivity contribution in [2.45, 2.75) is 78.0 Å². The molecule has 3 aliphatic heterocycles. The van der Waals surface area contributed by atoms with Crippen molar-refractivity contribution in [2.24, 2.45) is 0 Å². The van der Waals surface area contributed by atoms with Crippen LogP contribution in [-0.4, -0.2) is 76.2 Å². The molecule has 2 amide bonds. The van der Waals surface area contributed by atoms with Gasteiger partial charge in [0.25, 0.3) is 5.91 Å². The van der Waals surface area contributed by atoms with Crippen LogP contribution in [0, 0.1) is 0 Å². The molecular weight excluding hydrogens is 592 g/mol. The quantitative estimate of drug-likeness (QED) is 0.300. The average molecular weight is 635 g/mol. The highest BCUT2D eigenvalue weighted by Crippen LogP contribution is 2.48. The zero-order valence-corrected chi connectivity index (χ0v) is 26.8. The van der Waals surface area contributed by atoms with Crippen molar-refractivity contribution in [3.63, 3.8) is 0 Å². The Morgan fingerprint density at radius 1 is 1.09 bits per heavy atom. The third kappa shape index (κ3) is 6.90. The van der Waals surface area contributed by atoms with Crippen LogP contribution in [0.5, 0.6) is 17.2 Å². The normalized spacial score (nSPS) is 20.9. The summed E-state index contributed by atoms with van der Waals surface area (Å²) in [7, 11) is 0. The molecule has 11 heteroatoms. The van der Waals surface area contributed by atoms with Crippen LogP contribution in [0.25, 0.3) is 0 Å². The molecule has 0 radical (unpaired) electrons. The van der Waals surface area contributed by atoms with Crippen molar-refractivity contribution < 1.29 is 43.9 Å². The van der Waals surface area contributed by atoms with Crippen LogP contribution in [-0.2, 0) is 17.7 Å². The molecule has 0 bridgehead atoms. The van der Waals surface area contributed by atoms with Crippen molar-refractivity contribution in [3.8, 4) is 17.2 Å². The Morgan fingerprint density at radius 3 is 2.52 bits per heavy atom. The maximum absolute atomic E-state index is 13.9. The molecule has 2 aromatic carbocycles.